The second-order valence-electron chi connectivity index (χ2n) is 4.59. The van der Waals surface area contributed by atoms with Crippen LogP contribution in [0.15, 0.2) is 29.2 Å². The average Bonchev–Trinajstić information content (AvgIpc) is 2.14. The molecule has 0 saturated heterocycles. The van der Waals surface area contributed by atoms with Crippen molar-refractivity contribution in [2.24, 2.45) is 5.92 Å². The summed E-state index contributed by atoms with van der Waals surface area (Å²) in [6, 6.07) is 5.55. The summed E-state index contributed by atoms with van der Waals surface area (Å²) in [5.74, 6) is 0.526. The standard InChI is InChI=1S/C12H17NO3S/c1-9(10-3-2-4-10)13-17(15,16)12-7-5-11(14)6-8-12/h5-10,13-14H,2-4H2,1H3. The van der Waals surface area contributed by atoms with Gasteiger partial charge >= 0.3 is 0 Å². The van der Waals surface area contributed by atoms with Gasteiger partial charge in [0.05, 0.1) is 4.90 Å². The predicted octanol–water partition coefficient (Wildman–Crippen LogP) is 1.86. The third-order valence-electron chi connectivity index (χ3n) is 3.35. The molecule has 94 valence electrons. The Hall–Kier alpha value is -1.07. The molecule has 1 saturated carbocycles. The highest BCUT2D eigenvalue weighted by molar-refractivity contribution is 7.89. The van der Waals surface area contributed by atoms with Gasteiger partial charge in [-0.2, -0.15) is 0 Å². The van der Waals surface area contributed by atoms with Crippen LogP contribution in [0.1, 0.15) is 26.2 Å². The first-order chi connectivity index (χ1) is 7.99. The van der Waals surface area contributed by atoms with Crippen molar-refractivity contribution >= 4 is 10.0 Å². The molecule has 4 nitrogen and oxygen atoms in total. The number of benzene rings is 1. The quantitative estimate of drug-likeness (QED) is 0.863. The van der Waals surface area contributed by atoms with Gasteiger partial charge in [0.2, 0.25) is 10.0 Å². The van der Waals surface area contributed by atoms with Gasteiger partial charge in [-0.15, -0.1) is 0 Å². The van der Waals surface area contributed by atoms with E-state index in [1.54, 1.807) is 0 Å². The topological polar surface area (TPSA) is 66.4 Å². The van der Waals surface area contributed by atoms with Crippen molar-refractivity contribution in [2.75, 3.05) is 0 Å². The first-order valence-electron chi connectivity index (χ1n) is 5.80. The van der Waals surface area contributed by atoms with Crippen LogP contribution in [0.2, 0.25) is 0 Å². The molecular formula is C12H17NO3S. The van der Waals surface area contributed by atoms with Gasteiger partial charge in [-0.3, -0.25) is 0 Å². The van der Waals surface area contributed by atoms with E-state index in [0.717, 1.165) is 12.8 Å². The van der Waals surface area contributed by atoms with Crippen LogP contribution >= 0.6 is 0 Å². The molecule has 2 rings (SSSR count). The molecule has 2 N–H and O–H groups in total. The fourth-order valence-corrected chi connectivity index (χ4v) is 3.29. The molecule has 1 unspecified atom stereocenters. The molecule has 0 aliphatic heterocycles. The Labute approximate surface area is 102 Å². The zero-order valence-electron chi connectivity index (χ0n) is 9.76. The molecule has 1 aliphatic carbocycles. The van der Waals surface area contributed by atoms with E-state index in [9.17, 15) is 8.42 Å². The van der Waals surface area contributed by atoms with Crippen LogP contribution in [0, 0.1) is 5.92 Å². The summed E-state index contributed by atoms with van der Waals surface area (Å²) in [4.78, 5) is 0.196. The Bertz CT molecular complexity index is 477. The zero-order valence-corrected chi connectivity index (χ0v) is 10.6. The van der Waals surface area contributed by atoms with Crippen molar-refractivity contribution in [3.63, 3.8) is 0 Å². The SMILES string of the molecule is CC(NS(=O)(=O)c1ccc(O)cc1)C1CCC1. The molecule has 17 heavy (non-hydrogen) atoms. The van der Waals surface area contributed by atoms with Crippen LogP contribution in [-0.4, -0.2) is 19.6 Å². The molecule has 1 aromatic rings. The molecule has 0 heterocycles. The summed E-state index contributed by atoms with van der Waals surface area (Å²) in [5, 5.41) is 9.12. The Morgan fingerprint density at radius 3 is 2.35 bits per heavy atom. The summed E-state index contributed by atoms with van der Waals surface area (Å²) in [6.07, 6.45) is 3.38. The van der Waals surface area contributed by atoms with Crippen LogP contribution in [-0.2, 0) is 10.0 Å². The van der Waals surface area contributed by atoms with E-state index in [2.05, 4.69) is 4.72 Å². The van der Waals surface area contributed by atoms with E-state index in [0.29, 0.717) is 5.92 Å². The van der Waals surface area contributed by atoms with E-state index in [1.807, 2.05) is 6.92 Å². The lowest BCUT2D eigenvalue weighted by Gasteiger charge is -2.31. The lowest BCUT2D eigenvalue weighted by atomic mass is 9.81. The van der Waals surface area contributed by atoms with Gasteiger partial charge in [0.25, 0.3) is 0 Å². The van der Waals surface area contributed by atoms with Crippen LogP contribution in [0.3, 0.4) is 0 Å². The lowest BCUT2D eigenvalue weighted by molar-refractivity contribution is 0.260. The molecule has 0 radical (unpaired) electrons. The third kappa shape index (κ3) is 2.79. The summed E-state index contributed by atoms with van der Waals surface area (Å²) < 4.78 is 26.7. The second-order valence-corrected chi connectivity index (χ2v) is 6.31. The van der Waals surface area contributed by atoms with Gasteiger partial charge in [0.1, 0.15) is 5.75 Å². The zero-order chi connectivity index (χ0) is 12.5. The lowest BCUT2D eigenvalue weighted by Crippen LogP contribution is -2.40. The Kier molecular flexibility index (Phi) is 3.40. The minimum absolute atomic E-state index is 0.0254. The van der Waals surface area contributed by atoms with Crippen molar-refractivity contribution in [1.29, 1.82) is 0 Å². The number of hydrogen-bond donors (Lipinski definition) is 2. The molecule has 0 bridgehead atoms. The fourth-order valence-electron chi connectivity index (χ4n) is 1.97. The van der Waals surface area contributed by atoms with Crippen LogP contribution < -0.4 is 4.72 Å². The van der Waals surface area contributed by atoms with E-state index in [4.69, 9.17) is 5.11 Å². The normalized spacial score (nSPS) is 18.6. The fraction of sp³-hybridized carbons (Fsp3) is 0.500. The van der Waals surface area contributed by atoms with Gasteiger partial charge in [0.15, 0.2) is 0 Å². The number of sulfonamides is 1. The minimum Gasteiger partial charge on any atom is -0.508 e. The molecule has 1 fully saturated rings. The monoisotopic (exact) mass is 255 g/mol. The van der Waals surface area contributed by atoms with Crippen molar-refractivity contribution in [3.05, 3.63) is 24.3 Å². The van der Waals surface area contributed by atoms with Crippen molar-refractivity contribution in [3.8, 4) is 5.75 Å². The summed E-state index contributed by atoms with van der Waals surface area (Å²) in [7, 11) is -3.46. The number of nitrogens with one attached hydrogen (secondary N) is 1. The average molecular weight is 255 g/mol. The molecular weight excluding hydrogens is 238 g/mol. The van der Waals surface area contributed by atoms with Gasteiger partial charge < -0.3 is 5.11 Å². The van der Waals surface area contributed by atoms with Crippen molar-refractivity contribution < 1.29 is 13.5 Å². The highest BCUT2D eigenvalue weighted by atomic mass is 32.2. The Morgan fingerprint density at radius 1 is 1.29 bits per heavy atom. The predicted molar refractivity (Wildman–Crippen MR) is 65.2 cm³/mol. The second kappa shape index (κ2) is 4.66. The van der Waals surface area contributed by atoms with Gasteiger partial charge in [-0.05, 0) is 49.9 Å². The highest BCUT2D eigenvalue weighted by Gasteiger charge is 2.27. The molecule has 0 aromatic heterocycles. The molecule has 5 heteroatoms. The number of phenolic OH excluding ortho intramolecular Hbond substituents is 1. The van der Waals surface area contributed by atoms with Gasteiger partial charge in [-0.25, -0.2) is 13.1 Å². The van der Waals surface area contributed by atoms with E-state index >= 15 is 0 Å². The Morgan fingerprint density at radius 2 is 1.88 bits per heavy atom. The minimum atomic E-state index is -3.46. The molecule has 1 aromatic carbocycles. The maximum Gasteiger partial charge on any atom is 0.240 e. The highest BCUT2D eigenvalue weighted by Crippen LogP contribution is 2.30. The largest absolute Gasteiger partial charge is 0.508 e. The van der Waals surface area contributed by atoms with E-state index in [-0.39, 0.29) is 16.7 Å². The summed E-state index contributed by atoms with van der Waals surface area (Å²) in [5.41, 5.74) is 0. The van der Waals surface area contributed by atoms with Crippen molar-refractivity contribution in [1.82, 2.24) is 4.72 Å². The number of hydrogen-bond acceptors (Lipinski definition) is 3. The van der Waals surface area contributed by atoms with Crippen LogP contribution in [0.4, 0.5) is 0 Å². The molecule has 1 aliphatic rings. The van der Waals surface area contributed by atoms with Gasteiger partial charge in [0, 0.05) is 6.04 Å². The molecule has 1 atom stereocenters. The first kappa shape index (κ1) is 12.4. The van der Waals surface area contributed by atoms with E-state index < -0.39 is 10.0 Å². The third-order valence-corrected chi connectivity index (χ3v) is 4.92. The summed E-state index contributed by atoms with van der Waals surface area (Å²) >= 11 is 0. The smallest absolute Gasteiger partial charge is 0.240 e. The van der Waals surface area contributed by atoms with Crippen LogP contribution in [0.5, 0.6) is 5.75 Å². The van der Waals surface area contributed by atoms with E-state index in [1.165, 1.54) is 30.7 Å². The van der Waals surface area contributed by atoms with Crippen LogP contribution in [0.25, 0.3) is 0 Å². The number of rotatable bonds is 4. The molecule has 0 spiro atoms. The summed E-state index contributed by atoms with van der Waals surface area (Å²) in [6.45, 7) is 1.90. The number of aromatic hydroxyl groups is 1. The maximum absolute atomic E-state index is 12.0. The Balaban J connectivity index is 2.10. The molecule has 0 amide bonds. The van der Waals surface area contributed by atoms with Crippen molar-refractivity contribution in [2.45, 2.75) is 37.1 Å². The van der Waals surface area contributed by atoms with Gasteiger partial charge in [-0.1, -0.05) is 6.42 Å². The number of phenols is 1. The first-order valence-corrected chi connectivity index (χ1v) is 7.29. The maximum atomic E-state index is 12.0.